The van der Waals surface area contributed by atoms with Crippen LogP contribution in [-0.4, -0.2) is 30.5 Å². The van der Waals surface area contributed by atoms with Gasteiger partial charge >= 0.3 is 0 Å². The number of nitrogens with zero attached hydrogens (tertiary/aromatic N) is 5. The van der Waals surface area contributed by atoms with Crippen molar-refractivity contribution in [1.82, 2.24) is 29.9 Å². The first-order valence-corrected chi connectivity index (χ1v) is 8.84. The highest BCUT2D eigenvalue weighted by atomic mass is 19.1. The van der Waals surface area contributed by atoms with E-state index in [-0.39, 0.29) is 17.6 Å². The van der Waals surface area contributed by atoms with Gasteiger partial charge in [0.05, 0.1) is 28.9 Å². The fraction of sp³-hybridized carbons (Fsp3) is 0.200. The highest BCUT2D eigenvalue weighted by Gasteiger charge is 2.20. The van der Waals surface area contributed by atoms with Gasteiger partial charge in [-0.1, -0.05) is 12.1 Å². The predicted molar refractivity (Wildman–Crippen MR) is 103 cm³/mol. The van der Waals surface area contributed by atoms with Crippen molar-refractivity contribution in [3.8, 4) is 5.69 Å². The summed E-state index contributed by atoms with van der Waals surface area (Å²) >= 11 is 0. The molecule has 1 atom stereocenters. The van der Waals surface area contributed by atoms with E-state index in [2.05, 4.69) is 20.5 Å². The molecule has 7 nitrogen and oxygen atoms in total. The number of carbonyl (C=O) groups is 1. The van der Waals surface area contributed by atoms with Crippen LogP contribution in [-0.2, 0) is 7.05 Å². The minimum Gasteiger partial charge on any atom is -0.344 e. The number of para-hydroxylation sites is 1. The Morgan fingerprint density at radius 2 is 2.04 bits per heavy atom. The van der Waals surface area contributed by atoms with Crippen LogP contribution in [0.25, 0.3) is 16.7 Å². The summed E-state index contributed by atoms with van der Waals surface area (Å²) in [6.45, 7) is 3.66. The number of nitrogens with one attached hydrogen (secondary N) is 1. The van der Waals surface area contributed by atoms with Crippen molar-refractivity contribution in [2.75, 3.05) is 0 Å². The standard InChI is InChI=1S/C20H19FN6O/c1-12-10-14(20(28)24-13(2)17-8-9-26(3)25-17)15-11-22-27(19(15)23-12)18-7-5-4-6-16(18)21/h4-11,13H,1-3H3,(H,24,28). The van der Waals surface area contributed by atoms with Crippen molar-refractivity contribution < 1.29 is 9.18 Å². The maximum atomic E-state index is 14.2. The van der Waals surface area contributed by atoms with Gasteiger partial charge in [-0.3, -0.25) is 9.48 Å². The van der Waals surface area contributed by atoms with Gasteiger partial charge < -0.3 is 5.32 Å². The minimum absolute atomic E-state index is 0.262. The van der Waals surface area contributed by atoms with Crippen molar-refractivity contribution in [2.45, 2.75) is 19.9 Å². The Morgan fingerprint density at radius 3 is 2.75 bits per heavy atom. The maximum Gasteiger partial charge on any atom is 0.252 e. The van der Waals surface area contributed by atoms with E-state index in [1.54, 1.807) is 35.9 Å². The molecular formula is C20H19FN6O. The summed E-state index contributed by atoms with van der Waals surface area (Å²) in [6, 6.07) is 9.62. The molecule has 8 heteroatoms. The van der Waals surface area contributed by atoms with Crippen molar-refractivity contribution >= 4 is 16.9 Å². The zero-order valence-corrected chi connectivity index (χ0v) is 15.7. The maximum absolute atomic E-state index is 14.2. The average molecular weight is 378 g/mol. The first-order chi connectivity index (χ1) is 13.4. The predicted octanol–water partition coefficient (Wildman–Crippen LogP) is 3.09. The molecule has 0 bridgehead atoms. The minimum atomic E-state index is -0.411. The molecule has 1 N–H and O–H groups in total. The fourth-order valence-corrected chi connectivity index (χ4v) is 3.13. The third-order valence-electron chi connectivity index (χ3n) is 4.52. The van der Waals surface area contributed by atoms with E-state index in [4.69, 9.17) is 0 Å². The molecule has 1 unspecified atom stereocenters. The Hall–Kier alpha value is -3.55. The number of rotatable bonds is 4. The van der Waals surface area contributed by atoms with Crippen molar-refractivity contribution in [3.05, 3.63) is 71.6 Å². The lowest BCUT2D eigenvalue weighted by atomic mass is 10.1. The third-order valence-corrected chi connectivity index (χ3v) is 4.52. The van der Waals surface area contributed by atoms with E-state index in [0.717, 1.165) is 5.69 Å². The highest BCUT2D eigenvalue weighted by molar-refractivity contribution is 6.05. The van der Waals surface area contributed by atoms with Gasteiger partial charge in [0.2, 0.25) is 0 Å². The Morgan fingerprint density at radius 1 is 1.25 bits per heavy atom. The number of amides is 1. The molecule has 0 aliphatic rings. The largest absolute Gasteiger partial charge is 0.344 e. The summed E-state index contributed by atoms with van der Waals surface area (Å²) in [6.07, 6.45) is 3.36. The number of fused-ring (bicyclic) bond motifs is 1. The summed E-state index contributed by atoms with van der Waals surface area (Å²) in [5.74, 6) is -0.674. The van der Waals surface area contributed by atoms with E-state index in [1.165, 1.54) is 16.9 Å². The first-order valence-electron chi connectivity index (χ1n) is 8.84. The SMILES string of the molecule is Cc1cc(C(=O)NC(C)c2ccn(C)n2)c2cnn(-c3ccccc3F)c2n1. The lowest BCUT2D eigenvalue weighted by molar-refractivity contribution is 0.0940. The molecule has 1 amide bonds. The van der Waals surface area contributed by atoms with Crippen LogP contribution < -0.4 is 5.32 Å². The quantitative estimate of drug-likeness (QED) is 0.592. The Balaban J connectivity index is 1.74. The molecule has 0 saturated carbocycles. The zero-order chi connectivity index (χ0) is 19.8. The molecular weight excluding hydrogens is 359 g/mol. The van der Waals surface area contributed by atoms with Crippen LogP contribution in [0.15, 0.2) is 48.8 Å². The molecule has 3 heterocycles. The molecule has 4 rings (SSSR count). The molecule has 0 spiro atoms. The first kappa shape index (κ1) is 17.8. The van der Waals surface area contributed by atoms with Crippen LogP contribution in [0.4, 0.5) is 4.39 Å². The van der Waals surface area contributed by atoms with Crippen molar-refractivity contribution in [1.29, 1.82) is 0 Å². The van der Waals surface area contributed by atoms with Gasteiger partial charge in [0.25, 0.3) is 5.91 Å². The van der Waals surface area contributed by atoms with Crippen LogP contribution >= 0.6 is 0 Å². The van der Waals surface area contributed by atoms with Crippen LogP contribution in [0.3, 0.4) is 0 Å². The fourth-order valence-electron chi connectivity index (χ4n) is 3.13. The van der Waals surface area contributed by atoms with Gasteiger partial charge in [0.1, 0.15) is 11.5 Å². The van der Waals surface area contributed by atoms with Gasteiger partial charge in [-0.05, 0) is 38.1 Å². The van der Waals surface area contributed by atoms with Crippen molar-refractivity contribution in [3.63, 3.8) is 0 Å². The Bertz CT molecular complexity index is 1180. The van der Waals surface area contributed by atoms with Gasteiger partial charge in [0, 0.05) is 18.9 Å². The van der Waals surface area contributed by atoms with Crippen LogP contribution in [0.5, 0.6) is 0 Å². The Kier molecular flexibility index (Phi) is 4.38. The number of halogens is 1. The molecule has 0 saturated heterocycles. The number of benzene rings is 1. The molecule has 1 aromatic carbocycles. The summed E-state index contributed by atoms with van der Waals surface area (Å²) in [5, 5.41) is 12.1. The Labute approximate surface area is 160 Å². The number of pyridine rings is 1. The summed E-state index contributed by atoms with van der Waals surface area (Å²) < 4.78 is 17.3. The molecule has 3 aromatic heterocycles. The van der Waals surface area contributed by atoms with E-state index >= 15 is 0 Å². The van der Waals surface area contributed by atoms with Crippen LogP contribution in [0.2, 0.25) is 0 Å². The van der Waals surface area contributed by atoms with E-state index in [1.807, 2.05) is 26.2 Å². The topological polar surface area (TPSA) is 77.6 Å². The summed E-state index contributed by atoms with van der Waals surface area (Å²) in [5.41, 5.74) is 2.55. The van der Waals surface area contributed by atoms with Gasteiger partial charge in [0.15, 0.2) is 5.65 Å². The zero-order valence-electron chi connectivity index (χ0n) is 15.7. The van der Waals surface area contributed by atoms with Crippen LogP contribution in [0, 0.1) is 12.7 Å². The second-order valence-electron chi connectivity index (χ2n) is 6.67. The third kappa shape index (κ3) is 3.13. The number of aromatic nitrogens is 5. The van der Waals surface area contributed by atoms with Gasteiger partial charge in [-0.2, -0.15) is 10.2 Å². The average Bonchev–Trinajstić information content (AvgIpc) is 3.28. The lowest BCUT2D eigenvalue weighted by Crippen LogP contribution is -2.27. The smallest absolute Gasteiger partial charge is 0.252 e. The highest BCUT2D eigenvalue weighted by Crippen LogP contribution is 2.23. The molecule has 142 valence electrons. The monoisotopic (exact) mass is 378 g/mol. The molecule has 28 heavy (non-hydrogen) atoms. The molecule has 0 aliphatic carbocycles. The number of aryl methyl sites for hydroxylation is 2. The van der Waals surface area contributed by atoms with E-state index in [9.17, 15) is 9.18 Å². The normalized spacial score (nSPS) is 12.3. The second-order valence-corrected chi connectivity index (χ2v) is 6.67. The van der Waals surface area contributed by atoms with E-state index in [0.29, 0.717) is 22.3 Å². The number of hydrogen-bond acceptors (Lipinski definition) is 4. The summed E-state index contributed by atoms with van der Waals surface area (Å²) in [7, 11) is 1.82. The second kappa shape index (κ2) is 6.88. The van der Waals surface area contributed by atoms with E-state index < -0.39 is 5.82 Å². The van der Waals surface area contributed by atoms with Crippen LogP contribution in [0.1, 0.15) is 34.7 Å². The van der Waals surface area contributed by atoms with Crippen molar-refractivity contribution in [2.24, 2.45) is 7.05 Å². The van der Waals surface area contributed by atoms with Gasteiger partial charge in [-0.15, -0.1) is 0 Å². The molecule has 0 aliphatic heterocycles. The summed E-state index contributed by atoms with van der Waals surface area (Å²) in [4.78, 5) is 17.4. The molecule has 4 aromatic rings. The molecule has 0 fully saturated rings. The number of hydrogen-bond donors (Lipinski definition) is 1. The number of carbonyl (C=O) groups excluding carboxylic acids is 1. The molecule has 0 radical (unpaired) electrons. The van der Waals surface area contributed by atoms with Gasteiger partial charge in [-0.25, -0.2) is 14.1 Å². The lowest BCUT2D eigenvalue weighted by Gasteiger charge is -2.13.